The van der Waals surface area contributed by atoms with Gasteiger partial charge in [-0.05, 0) is 6.92 Å². The van der Waals surface area contributed by atoms with Gasteiger partial charge in [0.2, 0.25) is 0 Å². The van der Waals surface area contributed by atoms with Gasteiger partial charge in [-0.2, -0.15) is 5.10 Å². The van der Waals surface area contributed by atoms with Crippen LogP contribution < -0.4 is 11.5 Å². The van der Waals surface area contributed by atoms with Crippen molar-refractivity contribution in [1.29, 1.82) is 0 Å². The fraction of sp³-hybridized carbons (Fsp3) is 0.500. The Morgan fingerprint density at radius 1 is 1.35 bits per heavy atom. The smallest absolute Gasteiger partial charge is 0.270 e. The van der Waals surface area contributed by atoms with Crippen LogP contribution in [0.2, 0.25) is 0 Å². The van der Waals surface area contributed by atoms with Gasteiger partial charge in [0.15, 0.2) is 17.6 Å². The van der Waals surface area contributed by atoms with Crippen molar-refractivity contribution in [3.8, 4) is 0 Å². The van der Waals surface area contributed by atoms with Crippen LogP contribution in [0.25, 0.3) is 11.0 Å². The number of rotatable bonds is 3. The molecule has 1 fully saturated rings. The number of hydrogen-bond acceptors (Lipinski definition) is 9. The fourth-order valence-electron chi connectivity index (χ4n) is 2.61. The van der Waals surface area contributed by atoms with Crippen LogP contribution in [0.4, 0.5) is 5.82 Å². The zero-order valence-electron chi connectivity index (χ0n) is 12.1. The molecule has 2 aromatic rings. The lowest BCUT2D eigenvalue weighted by Crippen LogP contribution is -2.33. The van der Waals surface area contributed by atoms with Crippen LogP contribution in [-0.2, 0) is 4.74 Å². The largest absolute Gasteiger partial charge is 0.394 e. The lowest BCUT2D eigenvalue weighted by molar-refractivity contribution is -0.0567. The van der Waals surface area contributed by atoms with Crippen LogP contribution in [0.3, 0.4) is 0 Å². The van der Waals surface area contributed by atoms with E-state index in [1.165, 1.54) is 0 Å². The molecule has 0 radical (unpaired) electrons. The maximum absolute atomic E-state index is 11.6. The number of aliphatic hydroxyl groups excluding tert-OH is 3. The van der Waals surface area contributed by atoms with Gasteiger partial charge in [0.25, 0.3) is 5.91 Å². The zero-order valence-corrected chi connectivity index (χ0v) is 12.1. The molecule has 1 amide bonds. The highest BCUT2D eigenvalue weighted by Gasteiger charge is 2.45. The highest BCUT2D eigenvalue weighted by atomic mass is 16.6. The van der Waals surface area contributed by atoms with Crippen LogP contribution in [-0.4, -0.2) is 65.9 Å². The quantitative estimate of drug-likeness (QED) is 0.405. The predicted octanol–water partition coefficient (Wildman–Crippen LogP) is -2.57. The third-order valence-corrected chi connectivity index (χ3v) is 3.68. The molecule has 0 aliphatic carbocycles. The number of aliphatic hydroxyl groups is 3. The first-order valence-electron chi connectivity index (χ1n) is 6.79. The molecule has 7 N–H and O–H groups in total. The molecule has 3 heterocycles. The zero-order chi connectivity index (χ0) is 16.9. The Morgan fingerprint density at radius 2 is 2.04 bits per heavy atom. The molecule has 11 nitrogen and oxygen atoms in total. The van der Waals surface area contributed by atoms with Crippen LogP contribution in [0, 0.1) is 6.92 Å². The second-order valence-electron chi connectivity index (χ2n) is 5.24. The molecule has 2 aromatic heterocycles. The third kappa shape index (κ3) is 2.30. The molecule has 1 aliphatic rings. The number of carbonyl (C=O) groups excluding carboxylic acids is 1. The average Bonchev–Trinajstić information content (AvgIpc) is 2.99. The molecule has 23 heavy (non-hydrogen) atoms. The molecule has 0 spiro atoms. The molecule has 1 aliphatic heterocycles. The fourth-order valence-corrected chi connectivity index (χ4v) is 2.61. The summed E-state index contributed by atoms with van der Waals surface area (Å²) in [5.74, 6) is -0.516. The maximum atomic E-state index is 11.6. The first kappa shape index (κ1) is 15.6. The molecule has 11 heteroatoms. The minimum Gasteiger partial charge on any atom is -0.394 e. The van der Waals surface area contributed by atoms with Gasteiger partial charge in [-0.3, -0.25) is 4.79 Å². The van der Waals surface area contributed by atoms with E-state index in [4.69, 9.17) is 21.3 Å². The number of anilines is 1. The number of aromatic nitrogens is 4. The predicted molar refractivity (Wildman–Crippen MR) is 76.0 cm³/mol. The first-order chi connectivity index (χ1) is 10.8. The lowest BCUT2D eigenvalue weighted by Gasteiger charge is -2.15. The highest BCUT2D eigenvalue weighted by molar-refractivity contribution is 6.06. The van der Waals surface area contributed by atoms with Crippen molar-refractivity contribution in [3.63, 3.8) is 0 Å². The van der Waals surface area contributed by atoms with E-state index in [0.717, 1.165) is 4.68 Å². The summed E-state index contributed by atoms with van der Waals surface area (Å²) in [6.07, 6.45) is -4.85. The van der Waals surface area contributed by atoms with E-state index in [0.29, 0.717) is 5.82 Å². The van der Waals surface area contributed by atoms with Crippen molar-refractivity contribution in [3.05, 3.63) is 11.5 Å². The van der Waals surface area contributed by atoms with Crippen LogP contribution in [0.15, 0.2) is 0 Å². The van der Waals surface area contributed by atoms with E-state index in [9.17, 15) is 15.0 Å². The molecule has 0 saturated carbocycles. The molecule has 0 aromatic carbocycles. The van der Waals surface area contributed by atoms with E-state index >= 15 is 0 Å². The standard InChI is InChI=1S/C12H16N6O5/c1-3-15-9(13)5-6(10(14)22)17-18(11(5)16-3)12-8(21)7(20)4(2-19)23-12/h4,7-8,12,19-21H,2H2,1H3,(H2,14,22)(H2,13,15,16)/t4-,7-,8-,12-/m1/s1. The molecular weight excluding hydrogens is 308 g/mol. The molecule has 0 unspecified atom stereocenters. The Hall–Kier alpha value is -2.34. The van der Waals surface area contributed by atoms with Crippen molar-refractivity contribution in [2.45, 2.75) is 31.5 Å². The minimum absolute atomic E-state index is 0.0132. The third-order valence-electron chi connectivity index (χ3n) is 3.68. The van der Waals surface area contributed by atoms with Gasteiger partial charge in [-0.1, -0.05) is 0 Å². The highest BCUT2D eigenvalue weighted by Crippen LogP contribution is 2.33. The number of nitrogens with zero attached hydrogens (tertiary/aromatic N) is 4. The second kappa shape index (κ2) is 5.38. The Bertz CT molecular complexity index is 777. The SMILES string of the molecule is Cc1nc(N)c2c(C(N)=O)nn([C@@H]3O[C@H](CO)[C@@H](O)[C@H]3O)c2n1. The minimum atomic E-state index is -1.38. The summed E-state index contributed by atoms with van der Waals surface area (Å²) in [5, 5.41) is 33.3. The number of fused-ring (bicyclic) bond motifs is 1. The monoisotopic (exact) mass is 324 g/mol. The van der Waals surface area contributed by atoms with Crippen molar-refractivity contribution < 1.29 is 24.9 Å². The lowest BCUT2D eigenvalue weighted by atomic mass is 10.1. The summed E-state index contributed by atoms with van der Waals surface area (Å²) in [7, 11) is 0. The Morgan fingerprint density at radius 3 is 2.61 bits per heavy atom. The average molecular weight is 324 g/mol. The van der Waals surface area contributed by atoms with E-state index in [2.05, 4.69) is 15.1 Å². The van der Waals surface area contributed by atoms with Gasteiger partial charge >= 0.3 is 0 Å². The normalized spacial score (nSPS) is 27.7. The molecular formula is C12H16N6O5. The molecule has 1 saturated heterocycles. The van der Waals surface area contributed by atoms with Crippen LogP contribution in [0.5, 0.6) is 0 Å². The summed E-state index contributed by atoms with van der Waals surface area (Å²) >= 11 is 0. The van der Waals surface area contributed by atoms with Crippen LogP contribution >= 0.6 is 0 Å². The van der Waals surface area contributed by atoms with Gasteiger partial charge < -0.3 is 31.5 Å². The summed E-state index contributed by atoms with van der Waals surface area (Å²) in [6, 6.07) is 0. The number of amides is 1. The Balaban J connectivity index is 2.20. The van der Waals surface area contributed by atoms with Gasteiger partial charge in [-0.15, -0.1) is 0 Å². The summed E-state index contributed by atoms with van der Waals surface area (Å²) in [5.41, 5.74) is 11.1. The van der Waals surface area contributed by atoms with Crippen LogP contribution in [0.1, 0.15) is 22.5 Å². The number of primary amides is 1. The first-order valence-corrected chi connectivity index (χ1v) is 6.79. The van der Waals surface area contributed by atoms with E-state index in [-0.39, 0.29) is 22.5 Å². The number of nitrogens with two attached hydrogens (primary N) is 2. The molecule has 0 bridgehead atoms. The van der Waals surface area contributed by atoms with Gasteiger partial charge in [0.05, 0.1) is 12.0 Å². The van der Waals surface area contributed by atoms with Gasteiger partial charge in [-0.25, -0.2) is 14.6 Å². The Labute approximate surface area is 129 Å². The van der Waals surface area contributed by atoms with E-state index in [1.54, 1.807) is 6.92 Å². The second-order valence-corrected chi connectivity index (χ2v) is 5.24. The summed E-state index contributed by atoms with van der Waals surface area (Å²) < 4.78 is 6.51. The topological polar surface area (TPSA) is 183 Å². The van der Waals surface area contributed by atoms with Crippen molar-refractivity contribution in [1.82, 2.24) is 19.7 Å². The maximum Gasteiger partial charge on any atom is 0.270 e. The number of ether oxygens (including phenoxy) is 1. The van der Waals surface area contributed by atoms with E-state index in [1.807, 2.05) is 0 Å². The van der Waals surface area contributed by atoms with Gasteiger partial charge in [0.1, 0.15) is 30.0 Å². The number of carbonyl (C=O) groups is 1. The van der Waals surface area contributed by atoms with Crippen molar-refractivity contribution in [2.75, 3.05) is 12.3 Å². The summed E-state index contributed by atoms with van der Waals surface area (Å²) in [4.78, 5) is 19.7. The van der Waals surface area contributed by atoms with Crippen molar-refractivity contribution in [2.24, 2.45) is 5.73 Å². The molecule has 4 atom stereocenters. The van der Waals surface area contributed by atoms with E-state index < -0.39 is 37.1 Å². The number of nitrogen functional groups attached to an aromatic ring is 1. The van der Waals surface area contributed by atoms with Crippen molar-refractivity contribution >= 4 is 22.8 Å². The number of aryl methyl sites for hydroxylation is 1. The molecule has 124 valence electrons. The number of hydrogen-bond donors (Lipinski definition) is 5. The molecule has 3 rings (SSSR count). The summed E-state index contributed by atoms with van der Waals surface area (Å²) in [6.45, 7) is 1.10. The Kier molecular flexibility index (Phi) is 3.64. The van der Waals surface area contributed by atoms with Gasteiger partial charge in [0, 0.05) is 0 Å².